The number of hydrogen-bond donors (Lipinski definition) is 1. The van der Waals surface area contributed by atoms with Gasteiger partial charge >= 0.3 is 0 Å². The van der Waals surface area contributed by atoms with Crippen LogP contribution in [0.3, 0.4) is 0 Å². The summed E-state index contributed by atoms with van der Waals surface area (Å²) in [6.45, 7) is 2.58. The Balaban J connectivity index is 2.69. The van der Waals surface area contributed by atoms with E-state index in [4.69, 9.17) is 28.9 Å². The number of pyridine rings is 1. The largest absolute Gasteiger partial charge is 0.330 e. The number of benzene rings is 1. The zero-order valence-electron chi connectivity index (χ0n) is 8.93. The second-order valence-electron chi connectivity index (χ2n) is 3.73. The van der Waals surface area contributed by atoms with Gasteiger partial charge in [-0.1, -0.05) is 23.2 Å². The molecule has 0 aliphatic carbocycles. The summed E-state index contributed by atoms with van der Waals surface area (Å²) in [6, 6.07) is 5.64. The predicted molar refractivity (Wildman–Crippen MR) is 69.3 cm³/mol. The fourth-order valence-electron chi connectivity index (χ4n) is 1.75. The monoisotopic (exact) mass is 254 g/mol. The van der Waals surface area contributed by atoms with Crippen LogP contribution in [0.2, 0.25) is 10.0 Å². The zero-order chi connectivity index (χ0) is 11.7. The average molecular weight is 255 g/mol. The molecule has 1 aromatic heterocycles. The minimum atomic E-state index is 0.588. The SMILES string of the molecule is Cc1nc2c(Cl)cc(Cl)cc2cc1CCN. The van der Waals surface area contributed by atoms with E-state index in [-0.39, 0.29) is 0 Å². The van der Waals surface area contributed by atoms with Gasteiger partial charge in [0, 0.05) is 16.1 Å². The molecule has 0 aliphatic heterocycles. The van der Waals surface area contributed by atoms with Crippen molar-refractivity contribution in [2.24, 2.45) is 5.73 Å². The minimum absolute atomic E-state index is 0.588. The van der Waals surface area contributed by atoms with Gasteiger partial charge in [0.2, 0.25) is 0 Å². The first kappa shape index (κ1) is 11.6. The number of aromatic nitrogens is 1. The summed E-state index contributed by atoms with van der Waals surface area (Å²) in [4.78, 5) is 4.49. The van der Waals surface area contributed by atoms with Gasteiger partial charge in [0.25, 0.3) is 0 Å². The van der Waals surface area contributed by atoms with Gasteiger partial charge in [0.1, 0.15) is 0 Å². The van der Waals surface area contributed by atoms with Gasteiger partial charge in [-0.2, -0.15) is 0 Å². The van der Waals surface area contributed by atoms with Gasteiger partial charge in [-0.15, -0.1) is 0 Å². The molecule has 0 radical (unpaired) electrons. The highest BCUT2D eigenvalue weighted by atomic mass is 35.5. The van der Waals surface area contributed by atoms with Crippen molar-refractivity contribution in [1.82, 2.24) is 4.98 Å². The minimum Gasteiger partial charge on any atom is -0.330 e. The van der Waals surface area contributed by atoms with E-state index >= 15 is 0 Å². The number of nitrogens with zero attached hydrogens (tertiary/aromatic N) is 1. The summed E-state index contributed by atoms with van der Waals surface area (Å²) in [6.07, 6.45) is 0.818. The van der Waals surface area contributed by atoms with E-state index < -0.39 is 0 Å². The molecule has 0 saturated heterocycles. The van der Waals surface area contributed by atoms with Gasteiger partial charge in [0.15, 0.2) is 0 Å². The van der Waals surface area contributed by atoms with Gasteiger partial charge < -0.3 is 5.73 Å². The second-order valence-corrected chi connectivity index (χ2v) is 4.57. The van der Waals surface area contributed by atoms with E-state index in [1.54, 1.807) is 6.07 Å². The first-order chi connectivity index (χ1) is 7.61. The van der Waals surface area contributed by atoms with E-state index in [9.17, 15) is 0 Å². The Morgan fingerprint density at radius 1 is 1.25 bits per heavy atom. The van der Waals surface area contributed by atoms with E-state index in [0.29, 0.717) is 16.6 Å². The molecule has 2 N–H and O–H groups in total. The molecule has 0 saturated carbocycles. The highest BCUT2D eigenvalue weighted by Gasteiger charge is 2.07. The van der Waals surface area contributed by atoms with Gasteiger partial charge in [-0.05, 0) is 43.7 Å². The van der Waals surface area contributed by atoms with Gasteiger partial charge in [-0.3, -0.25) is 4.98 Å². The Bertz CT molecular complexity index is 538. The summed E-state index contributed by atoms with van der Waals surface area (Å²) in [7, 11) is 0. The van der Waals surface area contributed by atoms with Gasteiger partial charge in [-0.25, -0.2) is 0 Å². The highest BCUT2D eigenvalue weighted by molar-refractivity contribution is 6.38. The van der Waals surface area contributed by atoms with Crippen molar-refractivity contribution in [2.45, 2.75) is 13.3 Å². The van der Waals surface area contributed by atoms with Crippen molar-refractivity contribution in [3.8, 4) is 0 Å². The van der Waals surface area contributed by atoms with E-state index in [1.807, 2.05) is 13.0 Å². The maximum Gasteiger partial charge on any atom is 0.0892 e. The van der Waals surface area contributed by atoms with E-state index in [0.717, 1.165) is 28.6 Å². The number of nitrogens with two attached hydrogens (primary N) is 1. The molecule has 84 valence electrons. The molecule has 16 heavy (non-hydrogen) atoms. The molecular formula is C12H12Cl2N2. The van der Waals surface area contributed by atoms with Crippen molar-refractivity contribution in [2.75, 3.05) is 6.54 Å². The Kier molecular flexibility index (Phi) is 3.33. The lowest BCUT2D eigenvalue weighted by molar-refractivity contribution is 0.946. The van der Waals surface area contributed by atoms with E-state index in [1.165, 1.54) is 0 Å². The molecule has 1 aromatic carbocycles. The lowest BCUT2D eigenvalue weighted by atomic mass is 10.1. The van der Waals surface area contributed by atoms with Crippen molar-refractivity contribution < 1.29 is 0 Å². The third kappa shape index (κ3) is 2.14. The first-order valence-corrected chi connectivity index (χ1v) is 5.82. The number of rotatable bonds is 2. The fourth-order valence-corrected chi connectivity index (χ4v) is 2.31. The molecular weight excluding hydrogens is 243 g/mol. The zero-order valence-corrected chi connectivity index (χ0v) is 10.4. The van der Waals surface area contributed by atoms with Crippen LogP contribution in [0.5, 0.6) is 0 Å². The van der Waals surface area contributed by atoms with Crippen LogP contribution in [0, 0.1) is 6.92 Å². The van der Waals surface area contributed by atoms with Crippen LogP contribution in [-0.2, 0) is 6.42 Å². The molecule has 0 bridgehead atoms. The van der Waals surface area contributed by atoms with Crippen LogP contribution in [0.25, 0.3) is 10.9 Å². The lowest BCUT2D eigenvalue weighted by Gasteiger charge is -2.07. The molecule has 0 atom stereocenters. The maximum absolute atomic E-state index is 6.09. The molecule has 2 rings (SSSR count). The molecule has 0 amide bonds. The summed E-state index contributed by atoms with van der Waals surface area (Å²) in [5.41, 5.74) is 8.47. The molecule has 0 spiro atoms. The highest BCUT2D eigenvalue weighted by Crippen LogP contribution is 2.27. The van der Waals surface area contributed by atoms with Crippen LogP contribution < -0.4 is 5.73 Å². The second kappa shape index (κ2) is 4.58. The predicted octanol–water partition coefficient (Wildman–Crippen LogP) is 3.35. The Morgan fingerprint density at radius 3 is 2.69 bits per heavy atom. The number of aryl methyl sites for hydroxylation is 1. The van der Waals surface area contributed by atoms with Crippen molar-refractivity contribution >= 4 is 34.1 Å². The maximum atomic E-state index is 6.09. The normalized spacial score (nSPS) is 11.0. The molecule has 0 aliphatic rings. The third-order valence-corrected chi connectivity index (χ3v) is 3.05. The van der Waals surface area contributed by atoms with Crippen LogP contribution in [-0.4, -0.2) is 11.5 Å². The van der Waals surface area contributed by atoms with Crippen molar-refractivity contribution in [3.63, 3.8) is 0 Å². The lowest BCUT2D eigenvalue weighted by Crippen LogP contribution is -2.05. The topological polar surface area (TPSA) is 38.9 Å². The molecule has 0 fully saturated rings. The quantitative estimate of drug-likeness (QED) is 0.893. The van der Waals surface area contributed by atoms with E-state index in [2.05, 4.69) is 11.1 Å². The standard InChI is InChI=1S/C12H12Cl2N2/c1-7-8(2-3-15)4-9-5-10(13)6-11(14)12(9)16-7/h4-6H,2-3,15H2,1H3. The first-order valence-electron chi connectivity index (χ1n) is 5.07. The van der Waals surface area contributed by atoms with Crippen molar-refractivity contribution in [1.29, 1.82) is 0 Å². The van der Waals surface area contributed by atoms with Crippen LogP contribution in [0.4, 0.5) is 0 Å². The summed E-state index contributed by atoms with van der Waals surface area (Å²) in [5.74, 6) is 0. The Hall–Kier alpha value is -0.830. The third-order valence-electron chi connectivity index (χ3n) is 2.55. The van der Waals surface area contributed by atoms with Crippen LogP contribution in [0.1, 0.15) is 11.3 Å². The smallest absolute Gasteiger partial charge is 0.0892 e. The summed E-state index contributed by atoms with van der Waals surface area (Å²) < 4.78 is 0. The molecule has 1 heterocycles. The fraction of sp³-hybridized carbons (Fsp3) is 0.250. The average Bonchev–Trinajstić information content (AvgIpc) is 2.21. The molecule has 2 nitrogen and oxygen atoms in total. The molecule has 4 heteroatoms. The van der Waals surface area contributed by atoms with Gasteiger partial charge in [0.05, 0.1) is 10.5 Å². The number of halogens is 2. The number of fused-ring (bicyclic) bond motifs is 1. The molecule has 2 aromatic rings. The van der Waals surface area contributed by atoms with Crippen LogP contribution in [0.15, 0.2) is 18.2 Å². The number of hydrogen-bond acceptors (Lipinski definition) is 2. The van der Waals surface area contributed by atoms with Crippen LogP contribution >= 0.6 is 23.2 Å². The van der Waals surface area contributed by atoms with Crippen molar-refractivity contribution in [3.05, 3.63) is 39.5 Å². The summed E-state index contributed by atoms with van der Waals surface area (Å²) in [5, 5.41) is 2.18. The summed E-state index contributed by atoms with van der Waals surface area (Å²) >= 11 is 12.0. The Labute approximate surface area is 104 Å². The molecule has 0 unspecified atom stereocenters. The Morgan fingerprint density at radius 2 is 2.00 bits per heavy atom.